The molecule has 2 saturated heterocycles. The number of rotatable bonds is 5. The molecule has 1 amide bonds. The minimum absolute atomic E-state index is 0.0662. The predicted octanol–water partition coefficient (Wildman–Crippen LogP) is 0.870. The van der Waals surface area contributed by atoms with E-state index >= 15 is 0 Å². The Kier molecular flexibility index (Phi) is 6.14. The Labute approximate surface area is 157 Å². The molecule has 1 atom stereocenters. The van der Waals surface area contributed by atoms with E-state index in [4.69, 9.17) is 0 Å². The maximum Gasteiger partial charge on any atom is 0.234 e. The zero-order valence-corrected chi connectivity index (χ0v) is 16.6. The Hall–Kier alpha value is -0.960. The highest BCUT2D eigenvalue weighted by Crippen LogP contribution is 2.14. The number of benzene rings is 1. The SMILES string of the molecule is O=C(CN1CCN(Cc2ccc(Br)cc2)CC1)N[C@H]1CCS(=O)(=O)C1. The Morgan fingerprint density at radius 1 is 1.12 bits per heavy atom. The molecule has 25 heavy (non-hydrogen) atoms. The molecule has 2 heterocycles. The molecule has 2 fully saturated rings. The summed E-state index contributed by atoms with van der Waals surface area (Å²) in [5, 5.41) is 2.86. The Balaban J connectivity index is 1.38. The van der Waals surface area contributed by atoms with Crippen LogP contribution >= 0.6 is 15.9 Å². The molecule has 1 N–H and O–H groups in total. The van der Waals surface area contributed by atoms with Gasteiger partial charge >= 0.3 is 0 Å². The normalized spacial score (nSPS) is 24.3. The fourth-order valence-electron chi connectivity index (χ4n) is 3.34. The van der Waals surface area contributed by atoms with Crippen LogP contribution in [0.25, 0.3) is 0 Å². The first-order chi connectivity index (χ1) is 11.9. The van der Waals surface area contributed by atoms with Gasteiger partial charge in [0.05, 0.1) is 18.1 Å². The predicted molar refractivity (Wildman–Crippen MR) is 101 cm³/mol. The molecule has 0 aliphatic carbocycles. The van der Waals surface area contributed by atoms with E-state index < -0.39 is 9.84 Å². The molecule has 0 bridgehead atoms. The van der Waals surface area contributed by atoms with E-state index in [0.717, 1.165) is 37.2 Å². The molecule has 1 aromatic rings. The van der Waals surface area contributed by atoms with Crippen molar-refractivity contribution in [3.63, 3.8) is 0 Å². The minimum atomic E-state index is -2.95. The first-order valence-corrected chi connectivity index (χ1v) is 11.2. The fourth-order valence-corrected chi connectivity index (χ4v) is 5.28. The van der Waals surface area contributed by atoms with Gasteiger partial charge in [0.1, 0.15) is 0 Å². The number of sulfone groups is 1. The molecular formula is C17H24BrN3O3S. The first-order valence-electron chi connectivity index (χ1n) is 8.58. The van der Waals surface area contributed by atoms with Crippen molar-refractivity contribution in [1.29, 1.82) is 0 Å². The minimum Gasteiger partial charge on any atom is -0.351 e. The molecule has 0 saturated carbocycles. The van der Waals surface area contributed by atoms with Gasteiger partial charge in [-0.05, 0) is 24.1 Å². The number of amides is 1. The molecule has 0 unspecified atom stereocenters. The summed E-state index contributed by atoms with van der Waals surface area (Å²) in [6.07, 6.45) is 0.537. The van der Waals surface area contributed by atoms with Crippen molar-refractivity contribution in [1.82, 2.24) is 15.1 Å². The number of nitrogens with zero attached hydrogens (tertiary/aromatic N) is 2. The molecular weight excluding hydrogens is 406 g/mol. The summed E-state index contributed by atoms with van der Waals surface area (Å²) in [7, 11) is -2.95. The van der Waals surface area contributed by atoms with E-state index in [0.29, 0.717) is 13.0 Å². The number of nitrogens with one attached hydrogen (secondary N) is 1. The van der Waals surface area contributed by atoms with Crippen molar-refractivity contribution in [3.8, 4) is 0 Å². The average molecular weight is 430 g/mol. The number of piperazine rings is 1. The van der Waals surface area contributed by atoms with Crippen LogP contribution in [0.3, 0.4) is 0 Å². The van der Waals surface area contributed by atoms with Gasteiger partial charge < -0.3 is 5.32 Å². The van der Waals surface area contributed by atoms with Gasteiger partial charge in [-0.1, -0.05) is 28.1 Å². The van der Waals surface area contributed by atoms with Gasteiger partial charge in [0.15, 0.2) is 9.84 Å². The molecule has 8 heteroatoms. The second-order valence-corrected chi connectivity index (χ2v) is 9.99. The smallest absolute Gasteiger partial charge is 0.234 e. The van der Waals surface area contributed by atoms with Crippen LogP contribution in [0.1, 0.15) is 12.0 Å². The molecule has 0 aromatic heterocycles. The molecule has 0 radical (unpaired) electrons. The summed E-state index contributed by atoms with van der Waals surface area (Å²) < 4.78 is 24.0. The van der Waals surface area contributed by atoms with Gasteiger partial charge in [-0.25, -0.2) is 8.42 Å². The average Bonchev–Trinajstić information content (AvgIpc) is 2.90. The van der Waals surface area contributed by atoms with E-state index in [2.05, 4.69) is 55.3 Å². The Morgan fingerprint density at radius 2 is 1.76 bits per heavy atom. The summed E-state index contributed by atoms with van der Waals surface area (Å²) in [6.45, 7) is 4.85. The number of halogens is 1. The number of hydrogen-bond donors (Lipinski definition) is 1. The first kappa shape index (κ1) is 18.8. The second kappa shape index (κ2) is 8.16. The van der Waals surface area contributed by atoms with Crippen molar-refractivity contribution < 1.29 is 13.2 Å². The van der Waals surface area contributed by atoms with Crippen molar-refractivity contribution >= 4 is 31.7 Å². The third-order valence-corrected chi connectivity index (χ3v) is 7.05. The van der Waals surface area contributed by atoms with Crippen molar-refractivity contribution in [2.45, 2.75) is 19.0 Å². The van der Waals surface area contributed by atoms with E-state index in [1.165, 1.54) is 5.56 Å². The molecule has 138 valence electrons. The van der Waals surface area contributed by atoms with Crippen molar-refractivity contribution in [2.24, 2.45) is 0 Å². The third-order valence-electron chi connectivity index (χ3n) is 4.75. The quantitative estimate of drug-likeness (QED) is 0.751. The lowest BCUT2D eigenvalue weighted by molar-refractivity contribution is -0.123. The standard InChI is InChI=1S/C17H24BrN3O3S/c18-15-3-1-14(2-4-15)11-20-6-8-21(9-7-20)12-17(22)19-16-5-10-25(23,24)13-16/h1-4,16H,5-13H2,(H,19,22)/t16-/m0/s1. The third kappa shape index (κ3) is 5.77. The van der Waals surface area contributed by atoms with Gasteiger partial charge in [0, 0.05) is 43.2 Å². The lowest BCUT2D eigenvalue weighted by Gasteiger charge is -2.34. The molecule has 2 aliphatic heterocycles. The van der Waals surface area contributed by atoms with E-state index in [1.54, 1.807) is 0 Å². The van der Waals surface area contributed by atoms with Crippen LogP contribution in [0.2, 0.25) is 0 Å². The Bertz CT molecular complexity index is 700. The molecule has 3 rings (SSSR count). The maximum atomic E-state index is 12.1. The molecule has 0 spiro atoms. The lowest BCUT2D eigenvalue weighted by atomic mass is 10.2. The number of hydrogen-bond acceptors (Lipinski definition) is 5. The lowest BCUT2D eigenvalue weighted by Crippen LogP contribution is -2.50. The fraction of sp³-hybridized carbons (Fsp3) is 0.588. The highest BCUT2D eigenvalue weighted by molar-refractivity contribution is 9.10. The van der Waals surface area contributed by atoms with Gasteiger partial charge in [-0.15, -0.1) is 0 Å². The van der Waals surface area contributed by atoms with Crippen LogP contribution in [0, 0.1) is 0 Å². The van der Waals surface area contributed by atoms with Crippen molar-refractivity contribution in [3.05, 3.63) is 34.3 Å². The van der Waals surface area contributed by atoms with Gasteiger partial charge in [-0.2, -0.15) is 0 Å². The van der Waals surface area contributed by atoms with Crippen LogP contribution in [0.4, 0.5) is 0 Å². The molecule has 1 aromatic carbocycles. The number of carbonyl (C=O) groups is 1. The summed E-state index contributed by atoms with van der Waals surface area (Å²) in [5.41, 5.74) is 1.29. The van der Waals surface area contributed by atoms with Crippen molar-refractivity contribution in [2.75, 3.05) is 44.2 Å². The highest BCUT2D eigenvalue weighted by atomic mass is 79.9. The monoisotopic (exact) mass is 429 g/mol. The summed E-state index contributed by atoms with van der Waals surface area (Å²) in [5.74, 6) is 0.204. The number of carbonyl (C=O) groups excluding carboxylic acids is 1. The van der Waals surface area contributed by atoms with Gasteiger partial charge in [0.25, 0.3) is 0 Å². The van der Waals surface area contributed by atoms with Crippen LogP contribution in [0.5, 0.6) is 0 Å². The van der Waals surface area contributed by atoms with E-state index in [-0.39, 0.29) is 23.5 Å². The zero-order chi connectivity index (χ0) is 17.9. The Morgan fingerprint density at radius 3 is 2.36 bits per heavy atom. The maximum absolute atomic E-state index is 12.1. The molecule has 6 nitrogen and oxygen atoms in total. The van der Waals surface area contributed by atoms with E-state index in [9.17, 15) is 13.2 Å². The van der Waals surface area contributed by atoms with Crippen LogP contribution < -0.4 is 5.32 Å². The summed E-state index contributed by atoms with van der Waals surface area (Å²) >= 11 is 3.45. The summed E-state index contributed by atoms with van der Waals surface area (Å²) in [4.78, 5) is 16.6. The van der Waals surface area contributed by atoms with Crippen LogP contribution in [-0.4, -0.2) is 74.4 Å². The highest BCUT2D eigenvalue weighted by Gasteiger charge is 2.29. The van der Waals surface area contributed by atoms with E-state index in [1.807, 2.05) is 0 Å². The second-order valence-electron chi connectivity index (χ2n) is 6.85. The van der Waals surface area contributed by atoms with Crippen LogP contribution in [0.15, 0.2) is 28.7 Å². The van der Waals surface area contributed by atoms with Gasteiger partial charge in [0.2, 0.25) is 5.91 Å². The largest absolute Gasteiger partial charge is 0.351 e. The topological polar surface area (TPSA) is 69.7 Å². The van der Waals surface area contributed by atoms with Gasteiger partial charge in [-0.3, -0.25) is 14.6 Å². The molecule has 2 aliphatic rings. The van der Waals surface area contributed by atoms with Crippen LogP contribution in [-0.2, 0) is 21.2 Å². The summed E-state index contributed by atoms with van der Waals surface area (Å²) in [6, 6.07) is 8.15. The zero-order valence-electron chi connectivity index (χ0n) is 14.2.